The number of nitrogens with one attached hydrogen (secondary N) is 3. The Bertz CT molecular complexity index is 4890. The molecule has 24 heteroatoms. The highest BCUT2D eigenvalue weighted by molar-refractivity contribution is 6.04. The van der Waals surface area contributed by atoms with Gasteiger partial charge in [-0.3, -0.25) is 43.2 Å². The molecule has 6 fully saturated rings. The first-order valence-electron chi connectivity index (χ1n) is 39.1. The number of hydrogen-bond acceptors (Lipinski definition) is 15. The second-order valence-electron chi connectivity index (χ2n) is 24.9. The number of amides is 9. The van der Waals surface area contributed by atoms with Crippen LogP contribution in [0.25, 0.3) is 0 Å². The summed E-state index contributed by atoms with van der Waals surface area (Å²) < 4.78 is 133. The van der Waals surface area contributed by atoms with Crippen LogP contribution >= 0.6 is 0 Å². The van der Waals surface area contributed by atoms with Gasteiger partial charge in [-0.1, -0.05) is 111 Å². The van der Waals surface area contributed by atoms with E-state index in [9.17, 15) is 43.2 Å². The van der Waals surface area contributed by atoms with Crippen molar-refractivity contribution >= 4 is 53.2 Å². The number of morpholine rings is 3. The second kappa shape index (κ2) is 31.3. The number of benzene rings is 6. The van der Waals surface area contributed by atoms with Crippen molar-refractivity contribution in [1.29, 1.82) is 0 Å². The van der Waals surface area contributed by atoms with E-state index in [1.54, 1.807) is 69.3 Å². The van der Waals surface area contributed by atoms with Crippen LogP contribution in [0.2, 0.25) is 2.82 Å². The molecule has 6 aromatic rings. The van der Waals surface area contributed by atoms with Crippen LogP contribution in [0.1, 0.15) is 133 Å². The average molecular weight is 1400 g/mol. The van der Waals surface area contributed by atoms with Crippen LogP contribution < -0.4 is 30.1 Å². The van der Waals surface area contributed by atoms with Gasteiger partial charge in [0.15, 0.2) is 2.82 Å². The average Bonchev–Trinajstić information content (AvgIpc) is 1.71. The molecule has 528 valence electrons. The lowest BCUT2D eigenvalue weighted by Gasteiger charge is -2.31. The van der Waals surface area contributed by atoms with Gasteiger partial charge in [-0.15, -0.1) is 0 Å². The predicted molar refractivity (Wildman–Crippen MR) is 371 cm³/mol. The molecule has 24 nitrogen and oxygen atoms in total. The molecule has 0 saturated carbocycles. The van der Waals surface area contributed by atoms with Crippen molar-refractivity contribution < 1.29 is 88.1 Å². The van der Waals surface area contributed by atoms with E-state index in [2.05, 4.69) is 25.1 Å². The van der Waals surface area contributed by atoms with Crippen molar-refractivity contribution in [2.24, 2.45) is 0 Å². The molecule has 9 heterocycles. The molecule has 102 heavy (non-hydrogen) atoms. The van der Waals surface area contributed by atoms with Gasteiger partial charge in [0.25, 0.3) is 17.7 Å². The minimum absolute atomic E-state index is 0.0354. The SMILES string of the molecule is [2H]C1C(=C)N([2H])C(=O)C(N2Cc3c(OCc4ccc(CN5CCOCC5=O)cc4)cccc3C2=O)C1([2H])[2H].[2H]C1C([2H])([2H])C(=C)NC(=O)C1([2H])N1Cc2c(OCc3ccc(CN4CCOCC4=O)cc3)cccc2C1=O.[2H]N1C(=C)CC([2H])([2H])C([2H])(N2Cc3c(OCc4ccc(CN5CCOCC5=O)cc4)cccc3C2=O)C1=O. The molecule has 6 aromatic carbocycles. The maximum atomic E-state index is 13.3. The van der Waals surface area contributed by atoms with Crippen LogP contribution in [0.3, 0.4) is 0 Å². The summed E-state index contributed by atoms with van der Waals surface area (Å²) in [5.41, 5.74) is 7.09. The summed E-state index contributed by atoms with van der Waals surface area (Å²) in [5, 5.41) is 3.06. The molecule has 9 aliphatic heterocycles. The van der Waals surface area contributed by atoms with Crippen molar-refractivity contribution in [3.63, 3.8) is 0 Å². The first kappa shape index (κ1) is 55.8. The fourth-order valence-electron chi connectivity index (χ4n) is 12.5. The minimum Gasteiger partial charge on any atom is -0.489 e. The van der Waals surface area contributed by atoms with Crippen molar-refractivity contribution in [1.82, 2.24) is 45.3 Å². The van der Waals surface area contributed by atoms with Crippen molar-refractivity contribution in [2.45, 2.75) is 116 Å². The Hall–Kier alpha value is -11.0. The van der Waals surface area contributed by atoms with E-state index >= 15 is 0 Å². The molecule has 9 amide bonds. The Balaban J connectivity index is 0.000000149. The van der Waals surface area contributed by atoms with Gasteiger partial charge < -0.3 is 73.8 Å². The Morgan fingerprint density at radius 2 is 0.833 bits per heavy atom. The van der Waals surface area contributed by atoms with E-state index in [4.69, 9.17) is 45.0 Å². The first-order chi connectivity index (χ1) is 54.1. The number of carbonyl (C=O) groups is 9. The number of carbonyl (C=O) groups excluding carboxylic acids is 9. The van der Waals surface area contributed by atoms with E-state index in [-0.39, 0.29) is 105 Å². The summed E-state index contributed by atoms with van der Waals surface area (Å²) in [6, 6.07) is 30.9. The largest absolute Gasteiger partial charge is 0.489 e. The van der Waals surface area contributed by atoms with E-state index in [1.807, 2.05) is 72.8 Å². The lowest BCUT2D eigenvalue weighted by molar-refractivity contribution is -0.144. The Morgan fingerprint density at radius 3 is 1.25 bits per heavy atom. The molecule has 6 saturated heterocycles. The zero-order valence-electron chi connectivity index (χ0n) is 67.6. The van der Waals surface area contributed by atoms with E-state index in [1.165, 1.54) is 0 Å². The van der Waals surface area contributed by atoms with Gasteiger partial charge in [-0.25, -0.2) is 0 Å². The summed E-state index contributed by atoms with van der Waals surface area (Å²) >= 11 is 0. The first-order valence-corrected chi connectivity index (χ1v) is 33.0. The Labute approximate surface area is 607 Å². The predicted octanol–water partition coefficient (Wildman–Crippen LogP) is 7.12. The van der Waals surface area contributed by atoms with Crippen LogP contribution in [0.5, 0.6) is 17.2 Å². The highest BCUT2D eigenvalue weighted by atomic mass is 16.5. The zero-order chi connectivity index (χ0) is 81.7. The molecule has 9 aliphatic rings. The van der Waals surface area contributed by atoms with Gasteiger partial charge in [0.1, 0.15) is 75.0 Å². The molecule has 5 unspecified atom stereocenters. The van der Waals surface area contributed by atoms with Crippen LogP contribution in [0.15, 0.2) is 164 Å². The molecular weight excluding hydrogens is 1300 g/mol. The Kier molecular flexibility index (Phi) is 17.1. The third-order valence-corrected chi connectivity index (χ3v) is 18.0. The summed E-state index contributed by atoms with van der Waals surface area (Å²) in [7, 11) is 0. The monoisotopic (exact) mass is 1400 g/mol. The number of nitrogens with zero attached hydrogens (tertiary/aromatic N) is 6. The highest BCUT2D eigenvalue weighted by Gasteiger charge is 2.43. The van der Waals surface area contributed by atoms with Crippen LogP contribution in [-0.2, 0) is 102 Å². The summed E-state index contributed by atoms with van der Waals surface area (Å²) in [6.07, 6.45) is -11.1. The van der Waals surface area contributed by atoms with Gasteiger partial charge in [0, 0.05) is 101 Å². The molecule has 0 spiro atoms. The number of ether oxygens (including phenoxy) is 6. The molecule has 0 aromatic heterocycles. The van der Waals surface area contributed by atoms with Crippen LogP contribution in [-0.4, -0.2) is 160 Å². The van der Waals surface area contributed by atoms with Crippen molar-refractivity contribution in [3.05, 3.63) is 231 Å². The molecule has 15 rings (SSSR count). The van der Waals surface area contributed by atoms with E-state index < -0.39 is 91.9 Å². The number of fused-ring (bicyclic) bond motifs is 3. The quantitative estimate of drug-likeness (QED) is 0.0774. The zero-order valence-corrected chi connectivity index (χ0v) is 55.6. The highest BCUT2D eigenvalue weighted by Crippen LogP contribution is 2.38. The molecule has 5 atom stereocenters. The minimum atomic E-state index is -2.62. The smallest absolute Gasteiger partial charge is 0.255 e. The molecule has 3 N–H and O–H groups in total. The molecule has 0 bridgehead atoms. The third kappa shape index (κ3) is 15.9. The Morgan fingerprint density at radius 1 is 0.451 bits per heavy atom. The standard InChI is InChI=1S/3C26H27N3O5/c3*1-17-5-10-22(25(31)27-17)29-14-21-20(26(29)32)3-2-4-23(21)34-15-19-8-6-18(7-9-19)13-28-11-12-33-16-24(28)30/h3*2-4,6-9,22H,1,5,10-16H2,(H,27,31)/i5D2,10D,22D;10D2,22D;5D,10D2/hD2. The normalized spacial score (nSPS) is 26.7. The fraction of sp³-hybridized carbons (Fsp3) is 0.346. The second-order valence-corrected chi connectivity index (χ2v) is 24.9. The summed E-state index contributed by atoms with van der Waals surface area (Å²) in [5.74, 6) is -3.83. The van der Waals surface area contributed by atoms with Gasteiger partial charge in [-0.05, 0) is 108 Å². The number of allylic oxidation sites excluding steroid dienone is 3. The summed E-state index contributed by atoms with van der Waals surface area (Å²) in [6.45, 7) is 15.7. The van der Waals surface area contributed by atoms with Gasteiger partial charge in [0.2, 0.25) is 35.4 Å². The number of hydrogen-bond donors (Lipinski definition) is 3. The topological polar surface area (TPSA) is 265 Å². The van der Waals surface area contributed by atoms with E-state index in [0.29, 0.717) is 109 Å². The van der Waals surface area contributed by atoms with Gasteiger partial charge in [0.05, 0.1) is 42.2 Å². The number of piperidine rings is 3. The van der Waals surface area contributed by atoms with Gasteiger partial charge >= 0.3 is 0 Å². The molecular formula is C78H81N9O15. The molecule has 0 radical (unpaired) electrons. The molecule has 0 aliphatic carbocycles. The van der Waals surface area contributed by atoms with Gasteiger partial charge in [-0.2, -0.15) is 0 Å². The van der Waals surface area contributed by atoms with Crippen LogP contribution in [0.4, 0.5) is 0 Å². The lowest BCUT2D eigenvalue weighted by Crippen LogP contribution is -2.49. The third-order valence-electron chi connectivity index (χ3n) is 18.0. The van der Waals surface area contributed by atoms with Crippen molar-refractivity contribution in [3.8, 4) is 17.2 Å². The lowest BCUT2D eigenvalue weighted by atomic mass is 10.0. The van der Waals surface area contributed by atoms with E-state index in [0.717, 1.165) is 48.1 Å². The van der Waals surface area contributed by atoms with Crippen LogP contribution in [0, 0.1) is 0 Å². The number of rotatable bonds is 18. The maximum absolute atomic E-state index is 13.3. The summed E-state index contributed by atoms with van der Waals surface area (Å²) in [4.78, 5) is 122. The fourth-order valence-corrected chi connectivity index (χ4v) is 12.5. The van der Waals surface area contributed by atoms with Crippen molar-refractivity contribution in [2.75, 3.05) is 59.3 Å². The maximum Gasteiger partial charge on any atom is 0.255 e.